The summed E-state index contributed by atoms with van der Waals surface area (Å²) in [5.41, 5.74) is 7.54. The van der Waals surface area contributed by atoms with Gasteiger partial charge in [0.15, 0.2) is 0 Å². The third kappa shape index (κ3) is 3.06. The van der Waals surface area contributed by atoms with Gasteiger partial charge >= 0.3 is 0 Å². The fourth-order valence-electron chi connectivity index (χ4n) is 2.30. The lowest BCUT2D eigenvalue weighted by molar-refractivity contribution is 0.137. The lowest BCUT2D eigenvalue weighted by Crippen LogP contribution is -2.30. The van der Waals surface area contributed by atoms with Gasteiger partial charge in [0.2, 0.25) is 0 Å². The lowest BCUT2D eigenvalue weighted by Gasteiger charge is -2.22. The van der Waals surface area contributed by atoms with Gasteiger partial charge in [0.1, 0.15) is 0 Å². The van der Waals surface area contributed by atoms with Crippen LogP contribution in [0.3, 0.4) is 0 Å². The number of nitrogens with zero attached hydrogens (tertiary/aromatic N) is 1. The van der Waals surface area contributed by atoms with Crippen molar-refractivity contribution in [2.45, 2.75) is 32.4 Å². The number of halogens is 1. The largest absolute Gasteiger partial charge is 0.387 e. The van der Waals surface area contributed by atoms with E-state index in [2.05, 4.69) is 18.8 Å². The molecule has 0 saturated carbocycles. The minimum absolute atomic E-state index is 0.300. The first kappa shape index (κ1) is 14.3. The molecule has 2 unspecified atom stereocenters. The van der Waals surface area contributed by atoms with Crippen LogP contribution in [-0.2, 0) is 0 Å². The molecule has 0 amide bonds. The molecule has 0 spiro atoms. The van der Waals surface area contributed by atoms with Gasteiger partial charge in [-0.05, 0) is 30.5 Å². The van der Waals surface area contributed by atoms with Gasteiger partial charge in [0.25, 0.3) is 0 Å². The van der Waals surface area contributed by atoms with Crippen molar-refractivity contribution in [2.24, 2.45) is 11.7 Å². The van der Waals surface area contributed by atoms with Gasteiger partial charge in [-0.1, -0.05) is 31.5 Å². The van der Waals surface area contributed by atoms with Crippen LogP contribution in [0.1, 0.15) is 31.9 Å². The van der Waals surface area contributed by atoms with Crippen LogP contribution in [0.4, 0.5) is 0 Å². The molecule has 0 saturated heterocycles. The highest BCUT2D eigenvalue weighted by atomic mass is 35.5. The predicted molar refractivity (Wildman–Crippen MR) is 79.1 cm³/mol. The van der Waals surface area contributed by atoms with Crippen molar-refractivity contribution < 1.29 is 5.11 Å². The highest BCUT2D eigenvalue weighted by Gasteiger charge is 2.21. The monoisotopic (exact) mass is 278 g/mol. The quantitative estimate of drug-likeness (QED) is 0.902. The Hall–Kier alpha value is -1.16. The molecule has 3 N–H and O–H groups in total. The molecule has 0 radical (unpaired) electrons. The number of aliphatic hydroxyl groups excluding tert-OH is 1. The predicted octanol–water partition coefficient (Wildman–Crippen LogP) is 3.30. The number of rotatable bonds is 4. The second-order valence-electron chi connectivity index (χ2n) is 5.27. The summed E-state index contributed by atoms with van der Waals surface area (Å²) in [5, 5.41) is 11.9. The molecule has 2 rings (SSSR count). The third-order valence-corrected chi connectivity index (χ3v) is 3.55. The first-order chi connectivity index (χ1) is 9.00. The van der Waals surface area contributed by atoms with Crippen molar-refractivity contribution in [3.63, 3.8) is 0 Å². The normalized spacial score (nSPS) is 14.8. The first-order valence-electron chi connectivity index (χ1n) is 6.47. The molecular formula is C15H19ClN2O. The molecule has 0 bridgehead atoms. The lowest BCUT2D eigenvalue weighted by atomic mass is 9.94. The first-order valence-corrected chi connectivity index (χ1v) is 6.85. The highest BCUT2D eigenvalue weighted by Crippen LogP contribution is 2.30. The Bertz CT molecular complexity index is 571. The van der Waals surface area contributed by atoms with Crippen molar-refractivity contribution in [2.75, 3.05) is 0 Å². The zero-order chi connectivity index (χ0) is 14.0. The van der Waals surface area contributed by atoms with Gasteiger partial charge in [0, 0.05) is 28.2 Å². The van der Waals surface area contributed by atoms with Crippen LogP contribution in [-0.4, -0.2) is 16.1 Å². The molecule has 19 heavy (non-hydrogen) atoms. The maximum absolute atomic E-state index is 10.4. The smallest absolute Gasteiger partial charge is 0.0961 e. The number of fused-ring (bicyclic) bond motifs is 1. The van der Waals surface area contributed by atoms with E-state index in [-0.39, 0.29) is 6.04 Å². The third-order valence-electron chi connectivity index (χ3n) is 3.22. The van der Waals surface area contributed by atoms with E-state index < -0.39 is 6.10 Å². The SMILES string of the molecule is CC(C)CC(N)C(O)c1ccc(Cl)c2cccnc12. The Morgan fingerprint density at radius 2 is 2.05 bits per heavy atom. The molecule has 102 valence electrons. The van der Waals surface area contributed by atoms with Gasteiger partial charge in [-0.15, -0.1) is 0 Å². The summed E-state index contributed by atoms with van der Waals surface area (Å²) in [6, 6.07) is 7.02. The number of hydrogen-bond donors (Lipinski definition) is 2. The topological polar surface area (TPSA) is 59.1 Å². The molecule has 2 aromatic rings. The number of aliphatic hydroxyl groups is 1. The summed E-state index contributed by atoms with van der Waals surface area (Å²) in [4.78, 5) is 4.32. The standard InChI is InChI=1S/C15H19ClN2O/c1-9(2)8-13(17)15(19)11-5-6-12(16)10-4-3-7-18-14(10)11/h3-7,9,13,15,19H,8,17H2,1-2H3. The van der Waals surface area contributed by atoms with Crippen LogP contribution >= 0.6 is 11.6 Å². The van der Waals surface area contributed by atoms with Crippen molar-refractivity contribution in [3.8, 4) is 0 Å². The fraction of sp³-hybridized carbons (Fsp3) is 0.400. The number of hydrogen-bond acceptors (Lipinski definition) is 3. The summed E-state index contributed by atoms with van der Waals surface area (Å²) < 4.78 is 0. The molecule has 1 aromatic carbocycles. The average Bonchev–Trinajstić information content (AvgIpc) is 2.38. The Balaban J connectivity index is 2.42. The Morgan fingerprint density at radius 1 is 1.32 bits per heavy atom. The van der Waals surface area contributed by atoms with Crippen LogP contribution in [0.5, 0.6) is 0 Å². The van der Waals surface area contributed by atoms with Crippen LogP contribution < -0.4 is 5.73 Å². The highest BCUT2D eigenvalue weighted by molar-refractivity contribution is 6.35. The van der Waals surface area contributed by atoms with E-state index in [0.29, 0.717) is 10.9 Å². The van der Waals surface area contributed by atoms with Crippen molar-refractivity contribution in [3.05, 3.63) is 41.0 Å². The van der Waals surface area contributed by atoms with Crippen molar-refractivity contribution in [1.82, 2.24) is 4.98 Å². The van der Waals surface area contributed by atoms with Gasteiger partial charge in [-0.3, -0.25) is 4.98 Å². The minimum atomic E-state index is -0.725. The van der Waals surface area contributed by atoms with Crippen molar-refractivity contribution >= 4 is 22.5 Å². The van der Waals surface area contributed by atoms with Gasteiger partial charge < -0.3 is 10.8 Å². The summed E-state index contributed by atoms with van der Waals surface area (Å²) in [5.74, 6) is 0.441. The summed E-state index contributed by atoms with van der Waals surface area (Å²) in [7, 11) is 0. The molecule has 2 atom stereocenters. The molecule has 0 fully saturated rings. The molecule has 0 aliphatic carbocycles. The number of pyridine rings is 1. The van der Waals surface area contributed by atoms with Gasteiger partial charge in [-0.25, -0.2) is 0 Å². The maximum atomic E-state index is 10.4. The van der Waals surface area contributed by atoms with Crippen LogP contribution in [0, 0.1) is 5.92 Å². The zero-order valence-corrected chi connectivity index (χ0v) is 11.9. The summed E-state index contributed by atoms with van der Waals surface area (Å²) in [6.07, 6.45) is 1.73. The number of aromatic nitrogens is 1. The minimum Gasteiger partial charge on any atom is -0.387 e. The van der Waals surface area contributed by atoms with Gasteiger partial charge in [0.05, 0.1) is 11.6 Å². The van der Waals surface area contributed by atoms with Crippen LogP contribution in [0.15, 0.2) is 30.5 Å². The van der Waals surface area contributed by atoms with Crippen molar-refractivity contribution in [1.29, 1.82) is 0 Å². The molecule has 3 nitrogen and oxygen atoms in total. The average molecular weight is 279 g/mol. The Kier molecular flexibility index (Phi) is 4.40. The van der Waals surface area contributed by atoms with Crippen LogP contribution in [0.2, 0.25) is 5.02 Å². The summed E-state index contributed by atoms with van der Waals surface area (Å²) >= 11 is 6.14. The Morgan fingerprint density at radius 3 is 2.74 bits per heavy atom. The van der Waals surface area contributed by atoms with E-state index in [1.807, 2.05) is 18.2 Å². The van der Waals surface area contributed by atoms with E-state index >= 15 is 0 Å². The molecular weight excluding hydrogens is 260 g/mol. The molecule has 0 aliphatic heterocycles. The van der Waals surface area contributed by atoms with E-state index in [1.165, 1.54) is 0 Å². The van der Waals surface area contributed by atoms with Crippen LogP contribution in [0.25, 0.3) is 10.9 Å². The van der Waals surface area contributed by atoms with E-state index in [9.17, 15) is 5.11 Å². The van der Waals surface area contributed by atoms with E-state index in [4.69, 9.17) is 17.3 Å². The molecule has 0 aliphatic rings. The second-order valence-corrected chi connectivity index (χ2v) is 5.68. The number of benzene rings is 1. The molecule has 1 heterocycles. The zero-order valence-electron chi connectivity index (χ0n) is 11.2. The maximum Gasteiger partial charge on any atom is 0.0961 e. The second kappa shape index (κ2) is 5.87. The molecule has 1 aromatic heterocycles. The van der Waals surface area contributed by atoms with E-state index in [0.717, 1.165) is 22.9 Å². The fourth-order valence-corrected chi connectivity index (χ4v) is 2.52. The number of nitrogens with two attached hydrogens (primary N) is 1. The van der Waals surface area contributed by atoms with Gasteiger partial charge in [-0.2, -0.15) is 0 Å². The van der Waals surface area contributed by atoms with E-state index in [1.54, 1.807) is 12.3 Å². The molecule has 4 heteroatoms. The Labute approximate surface area is 118 Å². The summed E-state index contributed by atoms with van der Waals surface area (Å²) in [6.45, 7) is 4.18.